The van der Waals surface area contributed by atoms with Crippen molar-refractivity contribution < 1.29 is 4.74 Å². The second kappa shape index (κ2) is 7.82. The molecule has 92 valence electrons. The number of hydrogen-bond donors (Lipinski definition) is 1. The maximum Gasteiger partial charge on any atom is 0.0843 e. The number of ether oxygens (including phenoxy) is 1. The zero-order chi connectivity index (χ0) is 12.0. The summed E-state index contributed by atoms with van der Waals surface area (Å²) in [5.74, 6) is 0. The molecule has 2 nitrogen and oxygen atoms in total. The predicted octanol–water partition coefficient (Wildman–Crippen LogP) is 4.35. The second-order valence-corrected chi connectivity index (χ2v) is 6.77. The van der Waals surface area contributed by atoms with Crippen molar-refractivity contribution in [3.63, 3.8) is 0 Å². The summed E-state index contributed by atoms with van der Waals surface area (Å²) in [6, 6.07) is 2.63. The number of halogens is 2. The molecule has 0 aliphatic heterocycles. The quantitative estimate of drug-likeness (QED) is 0.720. The number of rotatable bonds is 7. The van der Waals surface area contributed by atoms with Crippen molar-refractivity contribution in [3.05, 3.63) is 19.2 Å². The highest BCUT2D eigenvalue weighted by molar-refractivity contribution is 9.13. The predicted molar refractivity (Wildman–Crippen MR) is 77.2 cm³/mol. The maximum atomic E-state index is 5.09. The summed E-state index contributed by atoms with van der Waals surface area (Å²) in [6.45, 7) is 3.96. The SMILES string of the molecule is CCNC(CCCOC)c1cc(Br)c(Br)s1. The highest BCUT2D eigenvalue weighted by atomic mass is 79.9. The summed E-state index contributed by atoms with van der Waals surface area (Å²) in [5, 5.41) is 3.51. The summed E-state index contributed by atoms with van der Waals surface area (Å²) < 4.78 is 7.40. The fraction of sp³-hybridized carbons (Fsp3) is 0.636. The van der Waals surface area contributed by atoms with Gasteiger partial charge in [-0.1, -0.05) is 6.92 Å². The van der Waals surface area contributed by atoms with Crippen LogP contribution in [-0.4, -0.2) is 20.3 Å². The minimum Gasteiger partial charge on any atom is -0.385 e. The maximum absolute atomic E-state index is 5.09. The van der Waals surface area contributed by atoms with E-state index in [1.165, 1.54) is 4.88 Å². The molecule has 1 aromatic rings. The van der Waals surface area contributed by atoms with E-state index in [0.717, 1.165) is 34.3 Å². The number of nitrogens with one attached hydrogen (secondary N) is 1. The van der Waals surface area contributed by atoms with Gasteiger partial charge in [-0.3, -0.25) is 0 Å². The van der Waals surface area contributed by atoms with Gasteiger partial charge in [0.1, 0.15) is 0 Å². The minimum atomic E-state index is 0.438. The summed E-state index contributed by atoms with van der Waals surface area (Å²) >= 11 is 8.85. The fourth-order valence-corrected chi connectivity index (χ4v) is 3.76. The Balaban J connectivity index is 2.61. The van der Waals surface area contributed by atoms with Crippen molar-refractivity contribution in [2.75, 3.05) is 20.3 Å². The van der Waals surface area contributed by atoms with Crippen LogP contribution in [0.25, 0.3) is 0 Å². The van der Waals surface area contributed by atoms with Gasteiger partial charge in [-0.2, -0.15) is 0 Å². The van der Waals surface area contributed by atoms with E-state index < -0.39 is 0 Å². The average Bonchev–Trinajstić information content (AvgIpc) is 2.58. The van der Waals surface area contributed by atoms with Gasteiger partial charge in [0.2, 0.25) is 0 Å². The molecule has 1 aromatic heterocycles. The normalized spacial score (nSPS) is 13.0. The van der Waals surface area contributed by atoms with Crippen LogP contribution in [0, 0.1) is 0 Å². The lowest BCUT2D eigenvalue weighted by Gasteiger charge is -2.15. The molecule has 5 heteroatoms. The van der Waals surface area contributed by atoms with Crippen molar-refractivity contribution in [2.45, 2.75) is 25.8 Å². The Morgan fingerprint density at radius 1 is 1.50 bits per heavy atom. The van der Waals surface area contributed by atoms with Crippen LogP contribution in [0.3, 0.4) is 0 Å². The molecule has 0 aromatic carbocycles. The van der Waals surface area contributed by atoms with Crippen LogP contribution in [0.5, 0.6) is 0 Å². The smallest absolute Gasteiger partial charge is 0.0843 e. The molecule has 1 unspecified atom stereocenters. The van der Waals surface area contributed by atoms with Gasteiger partial charge in [-0.25, -0.2) is 0 Å². The van der Waals surface area contributed by atoms with E-state index in [2.05, 4.69) is 50.2 Å². The molecular formula is C11H17Br2NOS. The first-order valence-corrected chi connectivity index (χ1v) is 7.76. The lowest BCUT2D eigenvalue weighted by Crippen LogP contribution is -2.20. The Morgan fingerprint density at radius 3 is 2.75 bits per heavy atom. The third-order valence-electron chi connectivity index (χ3n) is 2.30. The first-order valence-electron chi connectivity index (χ1n) is 5.36. The van der Waals surface area contributed by atoms with Crippen molar-refractivity contribution in [2.24, 2.45) is 0 Å². The van der Waals surface area contributed by atoms with Crippen LogP contribution in [-0.2, 0) is 4.74 Å². The molecule has 0 fully saturated rings. The minimum absolute atomic E-state index is 0.438. The van der Waals surface area contributed by atoms with Gasteiger partial charge in [0.25, 0.3) is 0 Å². The first-order chi connectivity index (χ1) is 7.69. The van der Waals surface area contributed by atoms with Crippen LogP contribution in [0.4, 0.5) is 0 Å². The highest BCUT2D eigenvalue weighted by Crippen LogP contribution is 2.36. The number of hydrogen-bond acceptors (Lipinski definition) is 3. The topological polar surface area (TPSA) is 21.3 Å². The summed E-state index contributed by atoms with van der Waals surface area (Å²) in [5.41, 5.74) is 0. The second-order valence-electron chi connectivity index (χ2n) is 3.52. The Hall–Kier alpha value is 0.580. The van der Waals surface area contributed by atoms with Gasteiger partial charge in [0.05, 0.1) is 3.79 Å². The molecule has 0 bridgehead atoms. The van der Waals surface area contributed by atoms with Gasteiger partial charge in [0.15, 0.2) is 0 Å². The molecule has 16 heavy (non-hydrogen) atoms. The molecule has 0 aliphatic rings. The molecule has 1 atom stereocenters. The molecule has 0 radical (unpaired) electrons. The van der Waals surface area contributed by atoms with Crippen molar-refractivity contribution in [3.8, 4) is 0 Å². The molecule has 1 rings (SSSR count). The Morgan fingerprint density at radius 2 is 2.25 bits per heavy atom. The van der Waals surface area contributed by atoms with Gasteiger partial charge in [-0.05, 0) is 57.3 Å². The van der Waals surface area contributed by atoms with Gasteiger partial charge < -0.3 is 10.1 Å². The Labute approximate surface area is 118 Å². The molecule has 0 aliphatic carbocycles. The van der Waals surface area contributed by atoms with Gasteiger partial charge in [0, 0.05) is 29.1 Å². The van der Waals surface area contributed by atoms with Crippen LogP contribution in [0.15, 0.2) is 14.3 Å². The molecule has 1 N–H and O–H groups in total. The molecule has 0 saturated heterocycles. The molecule has 0 spiro atoms. The highest BCUT2D eigenvalue weighted by Gasteiger charge is 2.14. The summed E-state index contributed by atoms with van der Waals surface area (Å²) in [4.78, 5) is 1.37. The lowest BCUT2D eigenvalue weighted by atomic mass is 10.1. The van der Waals surface area contributed by atoms with Crippen molar-refractivity contribution in [1.29, 1.82) is 0 Å². The van der Waals surface area contributed by atoms with Crippen molar-refractivity contribution >= 4 is 43.2 Å². The van der Waals surface area contributed by atoms with E-state index in [-0.39, 0.29) is 0 Å². The third-order valence-corrected chi connectivity index (χ3v) is 5.67. The van der Waals surface area contributed by atoms with E-state index in [9.17, 15) is 0 Å². The van der Waals surface area contributed by atoms with Crippen LogP contribution in [0.2, 0.25) is 0 Å². The molecule has 0 amide bonds. The van der Waals surface area contributed by atoms with Crippen LogP contribution in [0.1, 0.15) is 30.7 Å². The number of methoxy groups -OCH3 is 1. The monoisotopic (exact) mass is 369 g/mol. The molecule has 0 saturated carbocycles. The zero-order valence-corrected chi connectivity index (χ0v) is 13.5. The molecule has 1 heterocycles. The first kappa shape index (κ1) is 14.6. The van der Waals surface area contributed by atoms with E-state index in [4.69, 9.17) is 4.74 Å². The lowest BCUT2D eigenvalue weighted by molar-refractivity contribution is 0.189. The van der Waals surface area contributed by atoms with E-state index in [1.807, 2.05) is 0 Å². The number of thiophene rings is 1. The van der Waals surface area contributed by atoms with Crippen molar-refractivity contribution in [1.82, 2.24) is 5.32 Å². The van der Waals surface area contributed by atoms with E-state index in [1.54, 1.807) is 18.4 Å². The van der Waals surface area contributed by atoms with Crippen LogP contribution >= 0.6 is 43.2 Å². The van der Waals surface area contributed by atoms with E-state index in [0.29, 0.717) is 6.04 Å². The average molecular weight is 371 g/mol. The fourth-order valence-electron chi connectivity index (χ4n) is 1.56. The Kier molecular flexibility index (Phi) is 7.16. The Bertz CT molecular complexity index is 297. The third kappa shape index (κ3) is 4.45. The summed E-state index contributed by atoms with van der Waals surface area (Å²) in [6.07, 6.45) is 2.20. The largest absolute Gasteiger partial charge is 0.385 e. The summed E-state index contributed by atoms with van der Waals surface area (Å²) in [7, 11) is 1.75. The van der Waals surface area contributed by atoms with Crippen LogP contribution < -0.4 is 5.32 Å². The zero-order valence-electron chi connectivity index (χ0n) is 9.56. The van der Waals surface area contributed by atoms with Gasteiger partial charge >= 0.3 is 0 Å². The molecular weight excluding hydrogens is 354 g/mol. The van der Waals surface area contributed by atoms with Gasteiger partial charge in [-0.15, -0.1) is 11.3 Å². The standard InChI is InChI=1S/C11H17Br2NOS/c1-3-14-9(5-4-6-15-2)10-7-8(12)11(13)16-10/h7,9,14H,3-6H2,1-2H3. The van der Waals surface area contributed by atoms with E-state index >= 15 is 0 Å².